The van der Waals surface area contributed by atoms with Gasteiger partial charge in [-0.2, -0.15) is 0 Å². The molecule has 2 aliphatic rings. The lowest BCUT2D eigenvalue weighted by atomic mass is 9.66. The first kappa shape index (κ1) is 24.0. The molecule has 2 saturated heterocycles. The average molecular weight is 450 g/mol. The van der Waals surface area contributed by atoms with Gasteiger partial charge in [0.05, 0.1) is 11.5 Å². The van der Waals surface area contributed by atoms with E-state index in [4.69, 9.17) is 11.6 Å². The van der Waals surface area contributed by atoms with Gasteiger partial charge < -0.3 is 20.6 Å². The van der Waals surface area contributed by atoms with E-state index in [2.05, 4.69) is 10.6 Å². The first-order chi connectivity index (χ1) is 14.5. The quantitative estimate of drug-likeness (QED) is 0.623. The number of hydrogen-bond acceptors (Lipinski definition) is 4. The van der Waals surface area contributed by atoms with Gasteiger partial charge in [-0.25, -0.2) is 0 Å². The Hall–Kier alpha value is -1.63. The second-order valence-electron chi connectivity index (χ2n) is 9.90. The standard InChI is InChI=1S/C24H36ClN3O3/c1-16(17(2)27-21(29)14-20-6-5-12-26-20)22(30)28-13-11-24(31,23(3,4)15-28)18-7-9-19(25)10-8-18/h7-10,16-17,20,26,31H,5-6,11-15H2,1-4H3,(H,27,29)/t16-,17?,20+,24+/m1/s1. The Balaban J connectivity index is 1.60. The maximum atomic E-state index is 13.2. The number of rotatable bonds is 6. The van der Waals surface area contributed by atoms with Crippen LogP contribution in [-0.4, -0.2) is 53.5 Å². The van der Waals surface area contributed by atoms with E-state index >= 15 is 0 Å². The van der Waals surface area contributed by atoms with Crippen LogP contribution < -0.4 is 10.6 Å². The zero-order chi connectivity index (χ0) is 22.8. The van der Waals surface area contributed by atoms with E-state index in [-0.39, 0.29) is 29.8 Å². The van der Waals surface area contributed by atoms with E-state index in [0.717, 1.165) is 24.9 Å². The summed E-state index contributed by atoms with van der Waals surface area (Å²) in [7, 11) is 0. The molecule has 1 aromatic rings. The van der Waals surface area contributed by atoms with Crippen molar-refractivity contribution < 1.29 is 14.7 Å². The maximum absolute atomic E-state index is 13.2. The Morgan fingerprint density at radius 3 is 2.55 bits per heavy atom. The lowest BCUT2D eigenvalue weighted by Crippen LogP contribution is -2.58. The first-order valence-electron chi connectivity index (χ1n) is 11.3. The van der Waals surface area contributed by atoms with E-state index in [0.29, 0.717) is 31.0 Å². The van der Waals surface area contributed by atoms with Crippen molar-refractivity contribution in [2.45, 2.75) is 71.1 Å². The molecule has 172 valence electrons. The predicted octanol–water partition coefficient (Wildman–Crippen LogP) is 3.07. The third kappa shape index (κ3) is 5.24. The van der Waals surface area contributed by atoms with Crippen LogP contribution in [0.4, 0.5) is 0 Å². The smallest absolute Gasteiger partial charge is 0.227 e. The van der Waals surface area contributed by atoms with Crippen LogP contribution in [0.25, 0.3) is 0 Å². The van der Waals surface area contributed by atoms with Gasteiger partial charge in [0.2, 0.25) is 11.8 Å². The molecular weight excluding hydrogens is 414 g/mol. The van der Waals surface area contributed by atoms with Gasteiger partial charge in [-0.15, -0.1) is 0 Å². The second kappa shape index (κ2) is 9.47. The van der Waals surface area contributed by atoms with Gasteiger partial charge in [0.1, 0.15) is 0 Å². The minimum absolute atomic E-state index is 0.0114. The van der Waals surface area contributed by atoms with Crippen LogP contribution >= 0.6 is 11.6 Å². The number of carbonyl (C=O) groups is 2. The van der Waals surface area contributed by atoms with E-state index in [1.807, 2.05) is 44.7 Å². The highest BCUT2D eigenvalue weighted by atomic mass is 35.5. The van der Waals surface area contributed by atoms with Crippen molar-refractivity contribution in [1.82, 2.24) is 15.5 Å². The number of halogens is 1. The highest BCUT2D eigenvalue weighted by molar-refractivity contribution is 6.30. The summed E-state index contributed by atoms with van der Waals surface area (Å²) in [4.78, 5) is 27.4. The molecule has 1 aromatic carbocycles. The molecule has 2 heterocycles. The fourth-order valence-electron chi connectivity index (χ4n) is 4.87. The third-order valence-electron chi connectivity index (χ3n) is 7.21. The largest absolute Gasteiger partial charge is 0.384 e. The normalized spacial score (nSPS) is 27.5. The van der Waals surface area contributed by atoms with Gasteiger partial charge in [-0.1, -0.05) is 44.5 Å². The number of benzene rings is 1. The van der Waals surface area contributed by atoms with Crippen LogP contribution in [0, 0.1) is 11.3 Å². The molecule has 0 aromatic heterocycles. The van der Waals surface area contributed by atoms with Gasteiger partial charge in [-0.3, -0.25) is 9.59 Å². The number of likely N-dealkylation sites (tertiary alicyclic amines) is 1. The summed E-state index contributed by atoms with van der Waals surface area (Å²) in [5.74, 6) is -0.335. The summed E-state index contributed by atoms with van der Waals surface area (Å²) < 4.78 is 0. The highest BCUT2D eigenvalue weighted by Gasteiger charge is 2.50. The SMILES string of the molecule is CC(NC(=O)C[C@@H]1CCCN1)[C@@H](C)C(=O)N1CC[C@](O)(c2ccc(Cl)cc2)C(C)(C)C1. The van der Waals surface area contributed by atoms with Crippen LogP contribution in [0.1, 0.15) is 58.9 Å². The summed E-state index contributed by atoms with van der Waals surface area (Å²) in [5, 5.41) is 18.5. The summed E-state index contributed by atoms with van der Waals surface area (Å²) >= 11 is 6.01. The van der Waals surface area contributed by atoms with Crippen molar-refractivity contribution in [3.63, 3.8) is 0 Å². The molecule has 0 saturated carbocycles. The zero-order valence-electron chi connectivity index (χ0n) is 19.1. The van der Waals surface area contributed by atoms with Crippen molar-refractivity contribution in [1.29, 1.82) is 0 Å². The van der Waals surface area contributed by atoms with E-state index in [9.17, 15) is 14.7 Å². The Morgan fingerprint density at radius 1 is 1.29 bits per heavy atom. The van der Waals surface area contributed by atoms with Crippen molar-refractivity contribution in [3.05, 3.63) is 34.9 Å². The molecule has 2 amide bonds. The minimum Gasteiger partial charge on any atom is -0.384 e. The highest BCUT2D eigenvalue weighted by Crippen LogP contribution is 2.46. The van der Waals surface area contributed by atoms with Crippen molar-refractivity contribution >= 4 is 23.4 Å². The minimum atomic E-state index is -1.04. The van der Waals surface area contributed by atoms with E-state index in [1.54, 1.807) is 12.1 Å². The molecular formula is C24H36ClN3O3. The molecule has 3 rings (SSSR count). The average Bonchev–Trinajstić information content (AvgIpc) is 3.22. The van der Waals surface area contributed by atoms with Gasteiger partial charge in [0.25, 0.3) is 0 Å². The van der Waals surface area contributed by atoms with E-state index < -0.39 is 11.0 Å². The lowest BCUT2D eigenvalue weighted by molar-refractivity contribution is -0.156. The summed E-state index contributed by atoms with van der Waals surface area (Å²) in [6.07, 6.45) is 3.04. The van der Waals surface area contributed by atoms with Crippen molar-refractivity contribution in [3.8, 4) is 0 Å². The Bertz CT molecular complexity index is 792. The van der Waals surface area contributed by atoms with Crippen LogP contribution in [0.3, 0.4) is 0 Å². The second-order valence-corrected chi connectivity index (χ2v) is 10.3. The van der Waals surface area contributed by atoms with Crippen LogP contribution in [0.5, 0.6) is 0 Å². The number of carbonyl (C=O) groups excluding carboxylic acids is 2. The summed E-state index contributed by atoms with van der Waals surface area (Å²) in [5.41, 5.74) is -0.746. The van der Waals surface area contributed by atoms with Gasteiger partial charge in [0, 0.05) is 42.0 Å². The van der Waals surface area contributed by atoms with Crippen molar-refractivity contribution in [2.24, 2.45) is 11.3 Å². The number of nitrogens with one attached hydrogen (secondary N) is 2. The fraction of sp³-hybridized carbons (Fsp3) is 0.667. The number of hydrogen-bond donors (Lipinski definition) is 3. The Morgan fingerprint density at radius 2 is 1.97 bits per heavy atom. The molecule has 0 bridgehead atoms. The van der Waals surface area contributed by atoms with Crippen molar-refractivity contribution in [2.75, 3.05) is 19.6 Å². The predicted molar refractivity (Wildman–Crippen MR) is 123 cm³/mol. The molecule has 2 aliphatic heterocycles. The topological polar surface area (TPSA) is 81.7 Å². The van der Waals surface area contributed by atoms with Crippen LogP contribution in [-0.2, 0) is 15.2 Å². The number of amides is 2. The first-order valence-corrected chi connectivity index (χ1v) is 11.7. The number of piperidine rings is 1. The Labute approximate surface area is 190 Å². The molecule has 0 spiro atoms. The van der Waals surface area contributed by atoms with Gasteiger partial charge in [0.15, 0.2) is 0 Å². The molecule has 0 aliphatic carbocycles. The molecule has 4 atom stereocenters. The Kier molecular flexibility index (Phi) is 7.34. The molecule has 1 unspecified atom stereocenters. The maximum Gasteiger partial charge on any atom is 0.227 e. The lowest BCUT2D eigenvalue weighted by Gasteiger charge is -2.51. The molecule has 2 fully saturated rings. The summed E-state index contributed by atoms with van der Waals surface area (Å²) in [6, 6.07) is 7.29. The monoisotopic (exact) mass is 449 g/mol. The molecule has 7 heteroatoms. The van der Waals surface area contributed by atoms with Gasteiger partial charge >= 0.3 is 0 Å². The number of nitrogens with zero attached hydrogens (tertiary/aromatic N) is 1. The fourth-order valence-corrected chi connectivity index (χ4v) is 4.99. The zero-order valence-corrected chi connectivity index (χ0v) is 19.8. The number of aliphatic hydroxyl groups is 1. The van der Waals surface area contributed by atoms with Crippen LogP contribution in [0.2, 0.25) is 5.02 Å². The van der Waals surface area contributed by atoms with Crippen LogP contribution in [0.15, 0.2) is 24.3 Å². The summed E-state index contributed by atoms with van der Waals surface area (Å²) in [6.45, 7) is 9.63. The molecule has 6 nitrogen and oxygen atoms in total. The van der Waals surface area contributed by atoms with Gasteiger partial charge in [-0.05, 0) is 50.4 Å². The van der Waals surface area contributed by atoms with E-state index in [1.165, 1.54) is 0 Å². The third-order valence-corrected chi connectivity index (χ3v) is 7.46. The molecule has 31 heavy (non-hydrogen) atoms. The molecule has 0 radical (unpaired) electrons. The molecule has 3 N–H and O–H groups in total.